The van der Waals surface area contributed by atoms with E-state index < -0.39 is 21.8 Å². The average molecular weight is 525 g/mol. The van der Waals surface area contributed by atoms with Crippen molar-refractivity contribution in [2.24, 2.45) is 0 Å². The lowest BCUT2D eigenvalue weighted by atomic mass is 9.94. The Kier molecular flexibility index (Phi) is 6.89. The molecule has 2 amide bonds. The monoisotopic (exact) mass is 524 g/mol. The molecule has 0 aliphatic carbocycles. The molecular formula is C27H28N2O7S. The Morgan fingerprint density at radius 1 is 1.00 bits per heavy atom. The average Bonchev–Trinajstić information content (AvgIpc) is 3.44. The van der Waals surface area contributed by atoms with Crippen LogP contribution in [0.2, 0.25) is 0 Å². The first-order valence-electron chi connectivity index (χ1n) is 12.1. The minimum absolute atomic E-state index is 0.00237. The van der Waals surface area contributed by atoms with Crippen LogP contribution >= 0.6 is 0 Å². The molecule has 2 heterocycles. The first kappa shape index (κ1) is 25.2. The van der Waals surface area contributed by atoms with Gasteiger partial charge in [0.2, 0.25) is 10.0 Å². The number of sulfonamides is 1. The van der Waals surface area contributed by atoms with Gasteiger partial charge in [0.25, 0.3) is 11.8 Å². The summed E-state index contributed by atoms with van der Waals surface area (Å²) in [5.74, 6) is -0.206. The first-order valence-corrected chi connectivity index (χ1v) is 13.6. The summed E-state index contributed by atoms with van der Waals surface area (Å²) in [7, 11) is -1.06. The van der Waals surface area contributed by atoms with Crippen molar-refractivity contribution < 1.29 is 32.2 Å². The van der Waals surface area contributed by atoms with E-state index in [0.29, 0.717) is 34.4 Å². The summed E-state index contributed by atoms with van der Waals surface area (Å²) >= 11 is 0. The van der Waals surface area contributed by atoms with Crippen molar-refractivity contribution in [3.63, 3.8) is 0 Å². The van der Waals surface area contributed by atoms with Crippen molar-refractivity contribution in [1.29, 1.82) is 0 Å². The van der Waals surface area contributed by atoms with Crippen molar-refractivity contribution in [3.8, 4) is 11.5 Å². The fourth-order valence-corrected chi connectivity index (χ4v) is 6.28. The number of nitrogens with zero attached hydrogens (tertiary/aromatic N) is 1. The summed E-state index contributed by atoms with van der Waals surface area (Å²) in [6, 6.07) is 13.7. The highest BCUT2D eigenvalue weighted by molar-refractivity contribution is 7.89. The van der Waals surface area contributed by atoms with Gasteiger partial charge in [0.1, 0.15) is 0 Å². The van der Waals surface area contributed by atoms with E-state index in [-0.39, 0.29) is 36.3 Å². The number of carbonyl (C=O) groups excluding carboxylic acids is 2. The minimum atomic E-state index is -3.95. The summed E-state index contributed by atoms with van der Waals surface area (Å²) in [4.78, 5) is 27.8. The van der Waals surface area contributed by atoms with Crippen LogP contribution < -0.4 is 14.2 Å². The highest BCUT2D eigenvalue weighted by Gasteiger charge is 2.33. The zero-order chi connectivity index (χ0) is 26.2. The zero-order valence-corrected chi connectivity index (χ0v) is 21.5. The third-order valence-corrected chi connectivity index (χ3v) is 8.35. The van der Waals surface area contributed by atoms with E-state index in [1.54, 1.807) is 30.3 Å². The number of carbonyl (C=O) groups is 2. The summed E-state index contributed by atoms with van der Waals surface area (Å²) in [6.45, 7) is 0.759. The van der Waals surface area contributed by atoms with Crippen molar-refractivity contribution in [1.82, 2.24) is 9.62 Å². The van der Waals surface area contributed by atoms with Crippen LogP contribution in [-0.4, -0.2) is 65.2 Å². The second-order valence-electron chi connectivity index (χ2n) is 9.02. The molecule has 0 radical (unpaired) electrons. The third-order valence-electron chi connectivity index (χ3n) is 6.84. The van der Waals surface area contributed by atoms with Gasteiger partial charge in [-0.05, 0) is 48.4 Å². The molecule has 9 nitrogen and oxygen atoms in total. The van der Waals surface area contributed by atoms with Gasteiger partial charge < -0.3 is 14.2 Å². The van der Waals surface area contributed by atoms with Crippen LogP contribution in [0.15, 0.2) is 53.4 Å². The number of rotatable bonds is 9. The number of hydrogen-bond donors (Lipinski definition) is 1. The minimum Gasteiger partial charge on any atom is -0.493 e. The topological polar surface area (TPSA) is 111 Å². The van der Waals surface area contributed by atoms with Gasteiger partial charge in [-0.15, -0.1) is 0 Å². The number of imide groups is 1. The van der Waals surface area contributed by atoms with Gasteiger partial charge in [-0.1, -0.05) is 24.3 Å². The Morgan fingerprint density at radius 2 is 1.65 bits per heavy atom. The Balaban J connectivity index is 1.45. The molecule has 0 aromatic heterocycles. The van der Waals surface area contributed by atoms with Crippen LogP contribution in [-0.2, 0) is 21.2 Å². The fourth-order valence-electron chi connectivity index (χ4n) is 4.95. The van der Waals surface area contributed by atoms with Gasteiger partial charge in [0.05, 0.1) is 25.2 Å². The highest BCUT2D eigenvalue weighted by Crippen LogP contribution is 2.34. The van der Waals surface area contributed by atoms with Gasteiger partial charge in [0.15, 0.2) is 11.5 Å². The molecule has 3 aromatic rings. The van der Waals surface area contributed by atoms with E-state index in [4.69, 9.17) is 14.2 Å². The Labute approximate surface area is 215 Å². The molecule has 3 aromatic carbocycles. The predicted molar refractivity (Wildman–Crippen MR) is 137 cm³/mol. The van der Waals surface area contributed by atoms with Gasteiger partial charge in [-0.2, -0.15) is 0 Å². The molecule has 0 saturated carbocycles. The smallest absolute Gasteiger partial charge is 0.261 e. The van der Waals surface area contributed by atoms with Crippen LogP contribution in [0, 0.1) is 0 Å². The maximum absolute atomic E-state index is 13.3. The van der Waals surface area contributed by atoms with Gasteiger partial charge in [-0.3, -0.25) is 14.5 Å². The molecule has 1 N–H and O–H groups in total. The lowest BCUT2D eigenvalue weighted by molar-refractivity contribution is 0.0612. The number of hydrogen-bond acceptors (Lipinski definition) is 7. The molecule has 0 unspecified atom stereocenters. The second kappa shape index (κ2) is 10.1. The number of ether oxygens (including phenoxy) is 3. The Morgan fingerprint density at radius 3 is 2.24 bits per heavy atom. The SMILES string of the molecule is COc1cc(CCN2C(=O)c3cccc4cccc(c34)C2=O)c(S(=O)(=O)NC[C@H]2CCCO2)cc1OC. The summed E-state index contributed by atoms with van der Waals surface area (Å²) in [5.41, 5.74) is 1.30. The van der Waals surface area contributed by atoms with E-state index in [2.05, 4.69) is 4.72 Å². The number of methoxy groups -OCH3 is 2. The predicted octanol–water partition coefficient (Wildman–Crippen LogP) is 3.15. The van der Waals surface area contributed by atoms with E-state index >= 15 is 0 Å². The van der Waals surface area contributed by atoms with Gasteiger partial charge >= 0.3 is 0 Å². The highest BCUT2D eigenvalue weighted by atomic mass is 32.2. The lowest BCUT2D eigenvalue weighted by Crippen LogP contribution is -2.41. The number of amides is 2. The molecule has 1 saturated heterocycles. The number of benzene rings is 3. The van der Waals surface area contributed by atoms with E-state index in [1.165, 1.54) is 25.2 Å². The van der Waals surface area contributed by atoms with E-state index in [0.717, 1.165) is 18.2 Å². The largest absolute Gasteiger partial charge is 0.493 e. The molecule has 1 atom stereocenters. The molecule has 5 rings (SSSR count). The molecule has 1 fully saturated rings. The van der Waals surface area contributed by atoms with E-state index in [9.17, 15) is 18.0 Å². The third kappa shape index (κ3) is 4.68. The Bertz CT molecular complexity index is 1430. The first-order chi connectivity index (χ1) is 17.8. The van der Waals surface area contributed by atoms with E-state index in [1.807, 2.05) is 12.1 Å². The quantitative estimate of drug-likeness (QED) is 0.428. The van der Waals surface area contributed by atoms with Crippen LogP contribution in [0.1, 0.15) is 39.1 Å². The Hall–Kier alpha value is -3.47. The maximum atomic E-state index is 13.3. The van der Waals surface area contributed by atoms with Crippen LogP contribution in [0.5, 0.6) is 11.5 Å². The molecule has 2 aliphatic heterocycles. The molecule has 10 heteroatoms. The molecule has 194 valence electrons. The molecule has 0 spiro atoms. The van der Waals surface area contributed by atoms with Crippen molar-refractivity contribution in [2.75, 3.05) is 33.9 Å². The second-order valence-corrected chi connectivity index (χ2v) is 10.8. The molecule has 2 aliphatic rings. The molecular weight excluding hydrogens is 496 g/mol. The number of nitrogens with one attached hydrogen (secondary N) is 1. The maximum Gasteiger partial charge on any atom is 0.261 e. The fraction of sp³-hybridized carbons (Fsp3) is 0.333. The zero-order valence-electron chi connectivity index (χ0n) is 20.7. The van der Waals surface area contributed by atoms with Crippen LogP contribution in [0.3, 0.4) is 0 Å². The van der Waals surface area contributed by atoms with Crippen molar-refractivity contribution >= 4 is 32.6 Å². The summed E-state index contributed by atoms with van der Waals surface area (Å²) < 4.78 is 45.6. The van der Waals surface area contributed by atoms with Crippen molar-refractivity contribution in [2.45, 2.75) is 30.3 Å². The summed E-state index contributed by atoms with van der Waals surface area (Å²) in [6.07, 6.45) is 1.61. The van der Waals surface area contributed by atoms with Crippen molar-refractivity contribution in [3.05, 3.63) is 65.2 Å². The normalized spacial score (nSPS) is 17.5. The lowest BCUT2D eigenvalue weighted by Gasteiger charge is -2.27. The van der Waals surface area contributed by atoms with Crippen LogP contribution in [0.4, 0.5) is 0 Å². The van der Waals surface area contributed by atoms with Gasteiger partial charge in [-0.25, -0.2) is 13.1 Å². The molecule has 37 heavy (non-hydrogen) atoms. The van der Waals surface area contributed by atoms with Gasteiger partial charge in [0, 0.05) is 42.3 Å². The summed E-state index contributed by atoms with van der Waals surface area (Å²) in [5, 5.41) is 1.46. The molecule has 0 bridgehead atoms. The van der Waals surface area contributed by atoms with Crippen LogP contribution in [0.25, 0.3) is 10.8 Å². The standard InChI is InChI=1S/C27H28N2O7S/c1-34-22-14-18(24(15-23(22)35-2)37(32,33)28-16-19-8-5-13-36-19)11-12-29-26(30)20-9-3-6-17-7-4-10-21(25(17)20)27(29)31/h3-4,6-7,9-10,14-15,19,28H,5,8,11-13,16H2,1-2H3/t19-/m1/s1.